The molecule has 100 valence electrons. The van der Waals surface area contributed by atoms with Crippen molar-refractivity contribution in [1.29, 1.82) is 0 Å². The Hall–Kier alpha value is -1.68. The average molecular weight is 322 g/mol. The van der Waals surface area contributed by atoms with Gasteiger partial charge in [-0.1, -0.05) is 28.1 Å². The monoisotopic (exact) mass is 321 g/mol. The van der Waals surface area contributed by atoms with Gasteiger partial charge in [-0.2, -0.15) is 0 Å². The number of halogens is 1. The van der Waals surface area contributed by atoms with E-state index in [1.54, 1.807) is 19.2 Å². The lowest BCUT2D eigenvalue weighted by Crippen LogP contribution is -2.07. The molecule has 0 aliphatic heterocycles. The Morgan fingerprint density at radius 3 is 2.47 bits per heavy atom. The molecule has 0 radical (unpaired) electrons. The number of aromatic hydroxyl groups is 1. The minimum atomic E-state index is 0.115. The number of anilines is 1. The minimum Gasteiger partial charge on any atom is -0.508 e. The van der Waals surface area contributed by atoms with Crippen LogP contribution in [0.4, 0.5) is 5.69 Å². The maximum atomic E-state index is 9.30. The van der Waals surface area contributed by atoms with E-state index in [0.717, 1.165) is 21.5 Å². The van der Waals surface area contributed by atoms with Crippen LogP contribution in [0.1, 0.15) is 18.5 Å². The molecule has 1 unspecified atom stereocenters. The highest BCUT2D eigenvalue weighted by atomic mass is 79.9. The highest BCUT2D eigenvalue weighted by Gasteiger charge is 2.09. The fraction of sp³-hybridized carbons (Fsp3) is 0.200. The quantitative estimate of drug-likeness (QED) is 0.880. The third-order valence-electron chi connectivity index (χ3n) is 2.93. The second-order valence-corrected chi connectivity index (χ2v) is 5.22. The van der Waals surface area contributed by atoms with E-state index in [1.807, 2.05) is 30.3 Å². The van der Waals surface area contributed by atoms with Crippen molar-refractivity contribution in [2.24, 2.45) is 0 Å². The predicted octanol–water partition coefficient (Wildman–Crippen LogP) is 4.34. The van der Waals surface area contributed by atoms with Crippen LogP contribution in [0.2, 0.25) is 0 Å². The number of phenols is 1. The molecule has 2 aromatic rings. The summed E-state index contributed by atoms with van der Waals surface area (Å²) in [7, 11) is 1.65. The first-order valence-corrected chi connectivity index (χ1v) is 6.78. The molecule has 0 heterocycles. The topological polar surface area (TPSA) is 41.5 Å². The van der Waals surface area contributed by atoms with Crippen LogP contribution < -0.4 is 10.1 Å². The highest BCUT2D eigenvalue weighted by molar-refractivity contribution is 9.10. The number of hydrogen-bond donors (Lipinski definition) is 2. The van der Waals surface area contributed by atoms with Gasteiger partial charge in [0, 0.05) is 10.5 Å². The molecule has 2 N–H and O–H groups in total. The molecule has 1 atom stereocenters. The van der Waals surface area contributed by atoms with Gasteiger partial charge >= 0.3 is 0 Å². The van der Waals surface area contributed by atoms with Gasteiger partial charge in [0.15, 0.2) is 0 Å². The Bertz CT molecular complexity index is 555. The standard InChI is InChI=1S/C15H16BrNO2/c1-10(11-3-6-13(18)7-4-11)17-14-9-12(16)5-8-15(14)19-2/h3-10,17-18H,1-2H3. The first-order chi connectivity index (χ1) is 9.10. The minimum absolute atomic E-state index is 0.115. The van der Waals surface area contributed by atoms with Crippen molar-refractivity contribution in [1.82, 2.24) is 0 Å². The fourth-order valence-corrected chi connectivity index (χ4v) is 2.23. The van der Waals surface area contributed by atoms with Crippen LogP contribution in [-0.2, 0) is 0 Å². The van der Waals surface area contributed by atoms with Crippen LogP contribution in [0.25, 0.3) is 0 Å². The van der Waals surface area contributed by atoms with E-state index in [4.69, 9.17) is 4.74 Å². The van der Waals surface area contributed by atoms with Crippen molar-refractivity contribution in [3.05, 3.63) is 52.5 Å². The van der Waals surface area contributed by atoms with Crippen LogP contribution in [-0.4, -0.2) is 12.2 Å². The molecule has 0 spiro atoms. The lowest BCUT2D eigenvalue weighted by Gasteiger charge is -2.18. The summed E-state index contributed by atoms with van der Waals surface area (Å²) in [6.07, 6.45) is 0. The number of rotatable bonds is 4. The zero-order valence-electron chi connectivity index (χ0n) is 10.9. The van der Waals surface area contributed by atoms with Gasteiger partial charge in [-0.05, 0) is 42.8 Å². The SMILES string of the molecule is COc1ccc(Br)cc1NC(C)c1ccc(O)cc1. The van der Waals surface area contributed by atoms with Gasteiger partial charge in [-0.25, -0.2) is 0 Å². The maximum absolute atomic E-state index is 9.30. The third-order valence-corrected chi connectivity index (χ3v) is 3.42. The van der Waals surface area contributed by atoms with Gasteiger partial charge in [-0.15, -0.1) is 0 Å². The first kappa shape index (κ1) is 13.7. The lowest BCUT2D eigenvalue weighted by molar-refractivity contribution is 0.416. The molecule has 2 aromatic carbocycles. The van der Waals surface area contributed by atoms with Crippen molar-refractivity contribution < 1.29 is 9.84 Å². The molecule has 0 fully saturated rings. The Kier molecular flexibility index (Phi) is 4.32. The normalized spacial score (nSPS) is 11.9. The van der Waals surface area contributed by atoms with Gasteiger partial charge in [0.05, 0.1) is 12.8 Å². The van der Waals surface area contributed by atoms with Gasteiger partial charge in [-0.3, -0.25) is 0 Å². The van der Waals surface area contributed by atoms with Crippen molar-refractivity contribution in [2.75, 3.05) is 12.4 Å². The molecular weight excluding hydrogens is 306 g/mol. The maximum Gasteiger partial charge on any atom is 0.142 e. The summed E-state index contributed by atoms with van der Waals surface area (Å²) in [5, 5.41) is 12.7. The van der Waals surface area contributed by atoms with Crippen molar-refractivity contribution in [3.63, 3.8) is 0 Å². The van der Waals surface area contributed by atoms with Crippen LogP contribution >= 0.6 is 15.9 Å². The molecule has 0 aliphatic carbocycles. The van der Waals surface area contributed by atoms with E-state index in [0.29, 0.717) is 0 Å². The van der Waals surface area contributed by atoms with Crippen LogP contribution in [0.5, 0.6) is 11.5 Å². The van der Waals surface area contributed by atoms with E-state index >= 15 is 0 Å². The number of methoxy groups -OCH3 is 1. The van der Waals surface area contributed by atoms with E-state index in [9.17, 15) is 5.11 Å². The molecule has 4 heteroatoms. The molecule has 0 bridgehead atoms. The average Bonchev–Trinajstić information content (AvgIpc) is 2.39. The molecule has 3 nitrogen and oxygen atoms in total. The number of ether oxygens (including phenoxy) is 1. The summed E-state index contributed by atoms with van der Waals surface area (Å²) < 4.78 is 6.33. The predicted molar refractivity (Wildman–Crippen MR) is 80.8 cm³/mol. The number of phenolic OH excluding ortho intramolecular Hbond substituents is 1. The fourth-order valence-electron chi connectivity index (χ4n) is 1.87. The molecule has 0 aromatic heterocycles. The first-order valence-electron chi connectivity index (χ1n) is 5.99. The highest BCUT2D eigenvalue weighted by Crippen LogP contribution is 2.31. The smallest absolute Gasteiger partial charge is 0.142 e. The van der Waals surface area contributed by atoms with E-state index < -0.39 is 0 Å². The van der Waals surface area contributed by atoms with Gasteiger partial charge in [0.2, 0.25) is 0 Å². The van der Waals surface area contributed by atoms with Crippen molar-refractivity contribution in [2.45, 2.75) is 13.0 Å². The zero-order chi connectivity index (χ0) is 13.8. The van der Waals surface area contributed by atoms with Crippen LogP contribution in [0.15, 0.2) is 46.9 Å². The molecule has 2 rings (SSSR count). The summed E-state index contributed by atoms with van der Waals surface area (Å²) in [5.41, 5.74) is 2.03. The molecular formula is C15H16BrNO2. The van der Waals surface area contributed by atoms with E-state index in [-0.39, 0.29) is 11.8 Å². The Morgan fingerprint density at radius 2 is 1.84 bits per heavy atom. The Labute approximate surface area is 121 Å². The summed E-state index contributed by atoms with van der Waals surface area (Å²) in [5.74, 6) is 1.07. The second-order valence-electron chi connectivity index (χ2n) is 4.30. The number of nitrogens with one attached hydrogen (secondary N) is 1. The molecule has 19 heavy (non-hydrogen) atoms. The van der Waals surface area contributed by atoms with Gasteiger partial charge in [0.25, 0.3) is 0 Å². The number of hydrogen-bond acceptors (Lipinski definition) is 3. The molecule has 0 saturated carbocycles. The van der Waals surface area contributed by atoms with Crippen LogP contribution in [0, 0.1) is 0 Å². The number of benzene rings is 2. The van der Waals surface area contributed by atoms with E-state index in [2.05, 4.69) is 28.2 Å². The summed E-state index contributed by atoms with van der Waals surface area (Å²) in [4.78, 5) is 0. The van der Waals surface area contributed by atoms with Crippen molar-refractivity contribution in [3.8, 4) is 11.5 Å². The molecule has 0 saturated heterocycles. The van der Waals surface area contributed by atoms with Gasteiger partial charge in [0.1, 0.15) is 11.5 Å². The summed E-state index contributed by atoms with van der Waals surface area (Å²) >= 11 is 3.45. The summed E-state index contributed by atoms with van der Waals surface area (Å²) in [6.45, 7) is 2.06. The lowest BCUT2D eigenvalue weighted by atomic mass is 10.1. The zero-order valence-corrected chi connectivity index (χ0v) is 12.4. The molecule has 0 amide bonds. The van der Waals surface area contributed by atoms with Gasteiger partial charge < -0.3 is 15.2 Å². The van der Waals surface area contributed by atoms with Crippen LogP contribution in [0.3, 0.4) is 0 Å². The summed E-state index contributed by atoms with van der Waals surface area (Å²) in [6, 6.07) is 13.1. The molecule has 0 aliphatic rings. The largest absolute Gasteiger partial charge is 0.508 e. The van der Waals surface area contributed by atoms with Crippen molar-refractivity contribution >= 4 is 21.6 Å². The second kappa shape index (κ2) is 5.97. The Balaban J connectivity index is 2.20. The third kappa shape index (κ3) is 3.41. The van der Waals surface area contributed by atoms with E-state index in [1.165, 1.54) is 0 Å². The Morgan fingerprint density at radius 1 is 1.16 bits per heavy atom.